The molecule has 5 saturated carbocycles. The number of carboxylic acid groups (broad SMARTS) is 2. The number of carbonyl (C=O) groups excluding carboxylic acids is 1. The summed E-state index contributed by atoms with van der Waals surface area (Å²) in [5, 5.41) is 20.1. The minimum Gasteiger partial charge on any atom is -0.481 e. The van der Waals surface area contributed by atoms with Crippen molar-refractivity contribution >= 4 is 17.9 Å². The van der Waals surface area contributed by atoms with Crippen LogP contribution in [0.1, 0.15) is 126 Å². The number of hydrogen-bond acceptors (Lipinski definition) is 4. The van der Waals surface area contributed by atoms with Gasteiger partial charge in [0.25, 0.3) is 0 Å². The van der Waals surface area contributed by atoms with Crippen LogP contribution in [0.3, 0.4) is 0 Å². The van der Waals surface area contributed by atoms with Crippen LogP contribution in [0.4, 0.5) is 0 Å². The molecule has 10 unspecified atom stereocenters. The first-order chi connectivity index (χ1) is 19.3. The Bertz CT molecular complexity index is 1170. The van der Waals surface area contributed by atoms with Gasteiger partial charge in [0.05, 0.1) is 17.3 Å². The third-order valence-corrected chi connectivity index (χ3v) is 14.9. The van der Waals surface area contributed by atoms with Crippen molar-refractivity contribution in [2.45, 2.75) is 132 Å². The summed E-state index contributed by atoms with van der Waals surface area (Å²) in [6, 6.07) is 0. The van der Waals surface area contributed by atoms with Crippen molar-refractivity contribution in [3.05, 3.63) is 12.2 Å². The molecule has 6 heteroatoms. The quantitative estimate of drug-likeness (QED) is 0.241. The summed E-state index contributed by atoms with van der Waals surface area (Å²) in [5.41, 5.74) is -0.477. The van der Waals surface area contributed by atoms with Gasteiger partial charge in [0.15, 0.2) is 0 Å². The Labute approximate surface area is 253 Å². The van der Waals surface area contributed by atoms with Gasteiger partial charge in [-0.3, -0.25) is 14.4 Å². The molecule has 0 aromatic carbocycles. The molecule has 236 valence electrons. The van der Waals surface area contributed by atoms with Gasteiger partial charge in [-0.15, -0.1) is 0 Å². The van der Waals surface area contributed by atoms with E-state index >= 15 is 0 Å². The van der Waals surface area contributed by atoms with Crippen molar-refractivity contribution in [1.29, 1.82) is 0 Å². The summed E-state index contributed by atoms with van der Waals surface area (Å²) < 4.78 is 6.10. The first-order valence-corrected chi connectivity index (χ1v) is 16.6. The molecule has 0 aliphatic heterocycles. The van der Waals surface area contributed by atoms with Gasteiger partial charge in [-0.1, -0.05) is 46.8 Å². The van der Waals surface area contributed by atoms with Gasteiger partial charge in [-0.05, 0) is 131 Å². The van der Waals surface area contributed by atoms with Crippen LogP contribution in [0.5, 0.6) is 0 Å². The maximum Gasteiger partial charge on any atom is 0.309 e. The third kappa shape index (κ3) is 4.19. The van der Waals surface area contributed by atoms with E-state index in [1.54, 1.807) is 13.8 Å². The van der Waals surface area contributed by atoms with Gasteiger partial charge in [0, 0.05) is 5.41 Å². The SMILES string of the molecule is C=C(C)C1CCC2(C(=O)O)CCC3(C)C(CCC4C5(C)CCC(OC(=O)CC(C)(C)C(=O)O)C(C)(C)C5CCC43C)C12. The van der Waals surface area contributed by atoms with Gasteiger partial charge >= 0.3 is 17.9 Å². The maximum atomic E-state index is 12.9. The topological polar surface area (TPSA) is 101 Å². The highest BCUT2D eigenvalue weighted by atomic mass is 16.5. The Morgan fingerprint density at radius 1 is 0.833 bits per heavy atom. The van der Waals surface area contributed by atoms with Crippen LogP contribution in [0, 0.1) is 62.1 Å². The normalized spacial score (nSPS) is 45.9. The summed E-state index contributed by atoms with van der Waals surface area (Å²) in [5.74, 6) is -0.165. The van der Waals surface area contributed by atoms with Crippen molar-refractivity contribution in [2.75, 3.05) is 0 Å². The molecule has 0 spiro atoms. The predicted octanol–water partition coefficient (Wildman–Crippen LogP) is 8.14. The van der Waals surface area contributed by atoms with Gasteiger partial charge in [-0.2, -0.15) is 0 Å². The van der Waals surface area contributed by atoms with Crippen molar-refractivity contribution in [2.24, 2.45) is 62.1 Å². The van der Waals surface area contributed by atoms with E-state index < -0.39 is 28.7 Å². The molecular formula is C36H56O6. The zero-order chi connectivity index (χ0) is 31.3. The van der Waals surface area contributed by atoms with E-state index in [1.165, 1.54) is 0 Å². The van der Waals surface area contributed by atoms with Crippen LogP contribution < -0.4 is 0 Å². The Balaban J connectivity index is 1.42. The average Bonchev–Trinajstić information content (AvgIpc) is 3.27. The minimum atomic E-state index is -1.15. The summed E-state index contributed by atoms with van der Waals surface area (Å²) in [6.45, 7) is 21.7. The van der Waals surface area contributed by atoms with E-state index in [4.69, 9.17) is 4.74 Å². The second-order valence-corrected chi connectivity index (χ2v) is 17.4. The lowest BCUT2D eigenvalue weighted by atomic mass is 9.32. The molecule has 10 atom stereocenters. The Morgan fingerprint density at radius 2 is 1.50 bits per heavy atom. The number of ether oxygens (including phenoxy) is 1. The molecule has 0 radical (unpaired) electrons. The number of allylic oxidation sites excluding steroid dienone is 1. The number of rotatable bonds is 6. The molecule has 5 aliphatic rings. The number of aliphatic carboxylic acids is 2. The number of carbonyl (C=O) groups is 3. The highest BCUT2D eigenvalue weighted by Crippen LogP contribution is 2.77. The van der Waals surface area contributed by atoms with Crippen LogP contribution in [0.25, 0.3) is 0 Å². The smallest absolute Gasteiger partial charge is 0.309 e. The lowest BCUT2D eigenvalue weighted by Crippen LogP contribution is -2.67. The first kappa shape index (κ1) is 31.6. The van der Waals surface area contributed by atoms with E-state index in [0.29, 0.717) is 23.7 Å². The van der Waals surface area contributed by atoms with Crippen molar-refractivity contribution in [1.82, 2.24) is 0 Å². The molecule has 2 N–H and O–H groups in total. The third-order valence-electron chi connectivity index (χ3n) is 14.9. The van der Waals surface area contributed by atoms with Gasteiger partial charge in [-0.25, -0.2) is 0 Å². The molecule has 0 heterocycles. The van der Waals surface area contributed by atoms with E-state index in [-0.39, 0.29) is 40.1 Å². The second-order valence-electron chi connectivity index (χ2n) is 17.4. The van der Waals surface area contributed by atoms with Crippen LogP contribution in [-0.4, -0.2) is 34.2 Å². The van der Waals surface area contributed by atoms with Crippen LogP contribution >= 0.6 is 0 Å². The minimum absolute atomic E-state index is 0.0847. The van der Waals surface area contributed by atoms with Crippen molar-refractivity contribution in [3.63, 3.8) is 0 Å². The fourth-order valence-corrected chi connectivity index (χ4v) is 12.3. The predicted molar refractivity (Wildman–Crippen MR) is 163 cm³/mol. The molecule has 5 aliphatic carbocycles. The van der Waals surface area contributed by atoms with Crippen molar-refractivity contribution in [3.8, 4) is 0 Å². The summed E-state index contributed by atoms with van der Waals surface area (Å²) >= 11 is 0. The summed E-state index contributed by atoms with van der Waals surface area (Å²) in [6.07, 6.45) is 9.38. The zero-order valence-corrected chi connectivity index (χ0v) is 27.5. The maximum absolute atomic E-state index is 12.9. The molecule has 0 bridgehead atoms. The van der Waals surface area contributed by atoms with Crippen molar-refractivity contribution < 1.29 is 29.3 Å². The summed E-state index contributed by atoms with van der Waals surface area (Å²) in [4.78, 5) is 37.5. The van der Waals surface area contributed by atoms with Gasteiger partial charge in [0.1, 0.15) is 6.10 Å². The highest BCUT2D eigenvalue weighted by molar-refractivity contribution is 5.81. The summed E-state index contributed by atoms with van der Waals surface area (Å²) in [7, 11) is 0. The largest absolute Gasteiger partial charge is 0.481 e. The fourth-order valence-electron chi connectivity index (χ4n) is 12.3. The van der Waals surface area contributed by atoms with E-state index in [1.807, 2.05) is 0 Å². The molecule has 5 rings (SSSR count). The average molecular weight is 585 g/mol. The molecule has 0 saturated heterocycles. The van der Waals surface area contributed by atoms with E-state index in [0.717, 1.165) is 69.8 Å². The van der Waals surface area contributed by atoms with Gasteiger partial charge in [0.2, 0.25) is 0 Å². The Morgan fingerprint density at radius 3 is 2.10 bits per heavy atom. The van der Waals surface area contributed by atoms with E-state index in [2.05, 4.69) is 48.1 Å². The highest BCUT2D eigenvalue weighted by Gasteiger charge is 2.72. The molecule has 0 amide bonds. The number of hydrogen-bond donors (Lipinski definition) is 2. The molecule has 0 aromatic heterocycles. The second kappa shape index (κ2) is 9.83. The zero-order valence-electron chi connectivity index (χ0n) is 27.5. The molecule has 5 fully saturated rings. The number of esters is 1. The monoisotopic (exact) mass is 584 g/mol. The molecule has 42 heavy (non-hydrogen) atoms. The number of carboxylic acids is 2. The van der Waals surface area contributed by atoms with Crippen LogP contribution in [0.2, 0.25) is 0 Å². The molecule has 6 nitrogen and oxygen atoms in total. The lowest BCUT2D eigenvalue weighted by Gasteiger charge is -2.72. The fraction of sp³-hybridized carbons (Fsp3) is 0.861. The first-order valence-electron chi connectivity index (χ1n) is 16.6. The number of fused-ring (bicyclic) bond motifs is 7. The Hall–Kier alpha value is -1.85. The van der Waals surface area contributed by atoms with Crippen LogP contribution in [0.15, 0.2) is 12.2 Å². The van der Waals surface area contributed by atoms with Crippen LogP contribution in [-0.2, 0) is 19.1 Å². The molecular weight excluding hydrogens is 528 g/mol. The van der Waals surface area contributed by atoms with Gasteiger partial charge < -0.3 is 14.9 Å². The lowest BCUT2D eigenvalue weighted by molar-refractivity contribution is -0.250. The standard InChI is InChI=1S/C36H56O6/c1-21(2)22-12-17-36(30(40)41)19-18-34(8)23(28(22)36)10-11-25-33(7)15-14-26(42-27(37)20-31(3,4)29(38)39)32(5,6)24(33)13-16-35(25,34)9/h22-26,28H,1,10-20H2,2-9H3,(H,38,39)(H,40,41). The Kier molecular flexibility index (Phi) is 7.39. The van der Waals surface area contributed by atoms with E-state index in [9.17, 15) is 24.6 Å². The molecule has 0 aromatic rings.